The van der Waals surface area contributed by atoms with Crippen molar-refractivity contribution in [3.63, 3.8) is 0 Å². The van der Waals surface area contributed by atoms with E-state index in [0.29, 0.717) is 28.3 Å². The lowest BCUT2D eigenvalue weighted by atomic mass is 10.0. The van der Waals surface area contributed by atoms with Crippen molar-refractivity contribution in [1.29, 1.82) is 0 Å². The van der Waals surface area contributed by atoms with Crippen LogP contribution in [0.15, 0.2) is 66.7 Å². The van der Waals surface area contributed by atoms with Gasteiger partial charge in [-0.15, -0.1) is 0 Å². The van der Waals surface area contributed by atoms with Gasteiger partial charge in [-0.1, -0.05) is 26.0 Å². The van der Waals surface area contributed by atoms with Crippen molar-refractivity contribution in [1.82, 2.24) is 4.57 Å². The van der Waals surface area contributed by atoms with E-state index in [0.717, 1.165) is 23.4 Å². The molecule has 1 aromatic heterocycles. The average Bonchev–Trinajstić information content (AvgIpc) is 3.21. The Kier molecular flexibility index (Phi) is 8.52. The quantitative estimate of drug-likeness (QED) is 0.198. The van der Waals surface area contributed by atoms with E-state index in [-0.39, 0.29) is 30.9 Å². The van der Waals surface area contributed by atoms with Crippen molar-refractivity contribution in [3.05, 3.63) is 89.1 Å². The molecule has 0 bridgehead atoms. The van der Waals surface area contributed by atoms with Crippen LogP contribution in [-0.2, 0) is 26.9 Å². The zero-order chi connectivity index (χ0) is 29.0. The normalized spacial score (nSPS) is 11.6. The van der Waals surface area contributed by atoms with Gasteiger partial charge in [-0.25, -0.2) is 4.79 Å². The summed E-state index contributed by atoms with van der Waals surface area (Å²) in [4.78, 5) is 25.9. The molecule has 0 aliphatic carbocycles. The van der Waals surface area contributed by atoms with Gasteiger partial charge < -0.3 is 18.8 Å². The minimum atomic E-state index is -4.46. The molecule has 0 fully saturated rings. The number of ether oxygens (including phenoxy) is 3. The van der Waals surface area contributed by atoms with Gasteiger partial charge in [-0.2, -0.15) is 13.2 Å². The Morgan fingerprint density at radius 3 is 2.05 bits per heavy atom. The molecule has 210 valence electrons. The van der Waals surface area contributed by atoms with Crippen LogP contribution in [0.2, 0.25) is 0 Å². The van der Waals surface area contributed by atoms with Crippen LogP contribution in [-0.4, -0.2) is 29.7 Å². The molecule has 9 heteroatoms. The third kappa shape index (κ3) is 6.14. The number of benzene rings is 3. The monoisotopic (exact) mass is 553 g/mol. The van der Waals surface area contributed by atoms with E-state index >= 15 is 0 Å². The molecular formula is C31H30F3NO5. The number of aromatic nitrogens is 1. The number of halogens is 3. The third-order valence-electron chi connectivity index (χ3n) is 6.37. The highest BCUT2D eigenvalue weighted by molar-refractivity contribution is 6.07. The molecule has 3 aromatic carbocycles. The smallest absolute Gasteiger partial charge is 0.416 e. The molecule has 40 heavy (non-hydrogen) atoms. The molecule has 0 N–H and O–H groups in total. The molecule has 0 saturated carbocycles. The summed E-state index contributed by atoms with van der Waals surface area (Å²) in [6.45, 7) is 7.87. The van der Waals surface area contributed by atoms with Gasteiger partial charge >= 0.3 is 18.1 Å². The van der Waals surface area contributed by atoms with Gasteiger partial charge in [0, 0.05) is 16.8 Å². The Labute approximate surface area is 230 Å². The number of nitrogens with zero attached hydrogens (tertiary/aromatic N) is 1. The summed E-state index contributed by atoms with van der Waals surface area (Å²) in [5.74, 6) is -0.309. The first-order valence-electron chi connectivity index (χ1n) is 13.0. The Morgan fingerprint density at radius 1 is 0.850 bits per heavy atom. The molecule has 0 radical (unpaired) electrons. The SMILES string of the molecule is CCOC(=O)Cc1c(C(=O)OCC)c2cc(Oc3ccc(C(F)(F)F)cc3)ccc2n1-c1ccc(C(C)C)cc1. The summed E-state index contributed by atoms with van der Waals surface area (Å²) in [5, 5.41) is 0.468. The number of esters is 2. The fourth-order valence-corrected chi connectivity index (χ4v) is 4.48. The van der Waals surface area contributed by atoms with Crippen molar-refractivity contribution < 1.29 is 37.0 Å². The van der Waals surface area contributed by atoms with Gasteiger partial charge in [0.25, 0.3) is 0 Å². The second-order valence-electron chi connectivity index (χ2n) is 9.41. The standard InChI is InChI=1S/C31H30F3NO5/c1-5-38-28(36)18-27-29(30(37)39-6-2)25-17-24(40-23-13-9-21(10-14-23)31(32,33)34)15-16-26(25)35(27)22-11-7-20(8-12-22)19(3)4/h7-17,19H,5-6,18H2,1-4H3. The number of rotatable bonds is 9. The Hall–Kier alpha value is -4.27. The molecule has 1 heterocycles. The van der Waals surface area contributed by atoms with Crippen molar-refractivity contribution in [2.75, 3.05) is 13.2 Å². The Bertz CT molecular complexity index is 1500. The van der Waals surface area contributed by atoms with Crippen LogP contribution in [0.3, 0.4) is 0 Å². The molecule has 4 aromatic rings. The molecular weight excluding hydrogens is 523 g/mol. The van der Waals surface area contributed by atoms with Crippen LogP contribution < -0.4 is 4.74 Å². The van der Waals surface area contributed by atoms with Crippen LogP contribution >= 0.6 is 0 Å². The molecule has 0 amide bonds. The minimum absolute atomic E-state index is 0.120. The van der Waals surface area contributed by atoms with Crippen molar-refractivity contribution in [2.45, 2.75) is 46.2 Å². The van der Waals surface area contributed by atoms with E-state index in [1.807, 2.05) is 28.8 Å². The second-order valence-corrected chi connectivity index (χ2v) is 9.41. The number of hydrogen-bond donors (Lipinski definition) is 0. The first-order chi connectivity index (χ1) is 19.0. The van der Waals surface area contributed by atoms with Crippen molar-refractivity contribution in [3.8, 4) is 17.2 Å². The third-order valence-corrected chi connectivity index (χ3v) is 6.37. The number of fused-ring (bicyclic) bond motifs is 1. The van der Waals surface area contributed by atoms with E-state index in [4.69, 9.17) is 14.2 Å². The largest absolute Gasteiger partial charge is 0.466 e. The summed E-state index contributed by atoms with van der Waals surface area (Å²) >= 11 is 0. The highest BCUT2D eigenvalue weighted by atomic mass is 19.4. The molecule has 0 atom stereocenters. The van der Waals surface area contributed by atoms with Gasteiger partial charge in [0.1, 0.15) is 11.5 Å². The number of alkyl halides is 3. The lowest BCUT2D eigenvalue weighted by Gasteiger charge is -2.14. The van der Waals surface area contributed by atoms with E-state index in [2.05, 4.69) is 13.8 Å². The fraction of sp³-hybridized carbons (Fsp3) is 0.290. The average molecular weight is 554 g/mol. The lowest BCUT2D eigenvalue weighted by molar-refractivity contribution is -0.142. The number of carbonyl (C=O) groups is 2. The molecule has 0 aliphatic heterocycles. The zero-order valence-corrected chi connectivity index (χ0v) is 22.7. The minimum Gasteiger partial charge on any atom is -0.466 e. The van der Waals surface area contributed by atoms with E-state index in [9.17, 15) is 22.8 Å². The Balaban J connectivity index is 1.88. The molecule has 0 aliphatic rings. The predicted molar refractivity (Wildman–Crippen MR) is 145 cm³/mol. The number of hydrogen-bond acceptors (Lipinski definition) is 5. The molecule has 0 unspecified atom stereocenters. The lowest BCUT2D eigenvalue weighted by Crippen LogP contribution is -2.15. The summed E-state index contributed by atoms with van der Waals surface area (Å²) in [6.07, 6.45) is -4.64. The van der Waals surface area contributed by atoms with Crippen molar-refractivity contribution >= 4 is 22.8 Å². The Morgan fingerprint density at radius 2 is 1.48 bits per heavy atom. The summed E-state index contributed by atoms with van der Waals surface area (Å²) < 4.78 is 57.1. The van der Waals surface area contributed by atoms with Crippen molar-refractivity contribution in [2.24, 2.45) is 0 Å². The number of carbonyl (C=O) groups excluding carboxylic acids is 2. The van der Waals surface area contributed by atoms with Gasteiger partial charge in [-0.3, -0.25) is 4.79 Å². The maximum Gasteiger partial charge on any atom is 0.416 e. The second kappa shape index (κ2) is 11.9. The van der Waals surface area contributed by atoms with Gasteiger partial charge in [0.05, 0.1) is 36.3 Å². The van der Waals surface area contributed by atoms with Gasteiger partial charge in [0.15, 0.2) is 0 Å². The highest BCUT2D eigenvalue weighted by Gasteiger charge is 2.30. The zero-order valence-electron chi connectivity index (χ0n) is 22.7. The molecule has 6 nitrogen and oxygen atoms in total. The van der Waals surface area contributed by atoms with E-state index < -0.39 is 23.7 Å². The summed E-state index contributed by atoms with van der Waals surface area (Å²) in [6, 6.07) is 17.2. The molecule has 0 spiro atoms. The van der Waals surface area contributed by atoms with Gasteiger partial charge in [0.2, 0.25) is 0 Å². The van der Waals surface area contributed by atoms with Gasteiger partial charge in [-0.05, 0) is 79.9 Å². The summed E-state index contributed by atoms with van der Waals surface area (Å²) in [5.41, 5.74) is 2.29. The summed E-state index contributed by atoms with van der Waals surface area (Å²) in [7, 11) is 0. The van der Waals surface area contributed by atoms with E-state index in [1.54, 1.807) is 32.0 Å². The fourth-order valence-electron chi connectivity index (χ4n) is 4.48. The molecule has 0 saturated heterocycles. The topological polar surface area (TPSA) is 66.8 Å². The molecule has 4 rings (SSSR count). The van der Waals surface area contributed by atoms with Crippen LogP contribution in [0.4, 0.5) is 13.2 Å². The van der Waals surface area contributed by atoms with Crippen LogP contribution in [0.25, 0.3) is 16.6 Å². The van der Waals surface area contributed by atoms with Crippen LogP contribution in [0.1, 0.15) is 60.8 Å². The first-order valence-corrected chi connectivity index (χ1v) is 13.0. The first kappa shape index (κ1) is 28.7. The highest BCUT2D eigenvalue weighted by Crippen LogP contribution is 2.36. The van der Waals surface area contributed by atoms with Crippen LogP contribution in [0, 0.1) is 0 Å². The predicted octanol–water partition coefficient (Wildman–Crippen LogP) is 7.85. The maximum absolute atomic E-state index is 13.3. The maximum atomic E-state index is 13.3. The van der Waals surface area contributed by atoms with E-state index in [1.165, 1.54) is 12.1 Å². The van der Waals surface area contributed by atoms with Crippen LogP contribution in [0.5, 0.6) is 11.5 Å².